The molecule has 18 heteroatoms. The lowest BCUT2D eigenvalue weighted by Crippen LogP contribution is -2.11. The number of fused-ring (bicyclic) bond motifs is 1. The first-order valence-corrected chi connectivity index (χ1v) is 9.68. The van der Waals surface area contributed by atoms with E-state index in [4.69, 9.17) is 25.3 Å². The van der Waals surface area contributed by atoms with E-state index in [2.05, 4.69) is 28.2 Å². The SMILES string of the molecule is Nc1ncnc2c1ncn2OP(=O)(OP(=O)(O)O)OP(=O)(O)O. The number of imidazole rings is 1. The summed E-state index contributed by atoms with van der Waals surface area (Å²) in [7, 11) is -16.5. The molecule has 0 fully saturated rings. The fourth-order valence-electron chi connectivity index (χ4n) is 1.31. The van der Waals surface area contributed by atoms with E-state index in [-0.39, 0.29) is 17.0 Å². The second-order valence-electron chi connectivity index (χ2n) is 3.67. The average Bonchev–Trinajstić information content (AvgIpc) is 2.68. The number of rotatable bonds is 6. The molecule has 0 aliphatic rings. The summed E-state index contributed by atoms with van der Waals surface area (Å²) in [5, 5.41) is 0. The van der Waals surface area contributed by atoms with Crippen molar-refractivity contribution in [2.45, 2.75) is 0 Å². The Morgan fingerprint density at radius 3 is 2.09 bits per heavy atom. The van der Waals surface area contributed by atoms with Gasteiger partial charge in [0, 0.05) is 0 Å². The van der Waals surface area contributed by atoms with Crippen molar-refractivity contribution in [2.75, 3.05) is 5.73 Å². The molecule has 2 rings (SSSR count). The summed E-state index contributed by atoms with van der Waals surface area (Å²) in [6, 6.07) is 0. The molecule has 0 bridgehead atoms. The van der Waals surface area contributed by atoms with Gasteiger partial charge in [0.25, 0.3) is 0 Å². The maximum absolute atomic E-state index is 12.1. The highest BCUT2D eigenvalue weighted by molar-refractivity contribution is 7.67. The van der Waals surface area contributed by atoms with Crippen molar-refractivity contribution in [1.29, 1.82) is 0 Å². The lowest BCUT2D eigenvalue weighted by molar-refractivity contribution is 0.157. The Morgan fingerprint density at radius 2 is 1.57 bits per heavy atom. The molecule has 0 spiro atoms. The minimum atomic E-state index is -5.51. The number of anilines is 1. The van der Waals surface area contributed by atoms with Crippen LogP contribution >= 0.6 is 23.5 Å². The topological polar surface area (TPSA) is 229 Å². The molecule has 23 heavy (non-hydrogen) atoms. The van der Waals surface area contributed by atoms with E-state index in [1.807, 2.05) is 0 Å². The molecule has 2 heterocycles. The van der Waals surface area contributed by atoms with Gasteiger partial charge in [-0.15, -0.1) is 4.73 Å². The molecule has 6 N–H and O–H groups in total. The zero-order valence-corrected chi connectivity index (χ0v) is 13.3. The minimum Gasteiger partial charge on any atom is -0.382 e. The molecule has 0 atom stereocenters. The lowest BCUT2D eigenvalue weighted by atomic mass is 10.5. The summed E-state index contributed by atoms with van der Waals surface area (Å²) in [5.41, 5.74) is 5.19. The molecule has 0 saturated carbocycles. The zero-order chi connectivity index (χ0) is 17.5. The average molecular weight is 391 g/mol. The summed E-state index contributed by atoms with van der Waals surface area (Å²) < 4.78 is 46.0. The highest BCUT2D eigenvalue weighted by atomic mass is 31.3. The normalized spacial score (nSPS) is 13.4. The fraction of sp³-hybridized carbons (Fsp3) is 0. The fourth-order valence-corrected chi connectivity index (χ4v) is 4.35. The number of phosphoric acid groups is 3. The lowest BCUT2D eigenvalue weighted by Gasteiger charge is -2.18. The second kappa shape index (κ2) is 5.91. The molecule has 0 saturated heterocycles. The first-order chi connectivity index (χ1) is 10.4. The van der Waals surface area contributed by atoms with E-state index >= 15 is 0 Å². The molecule has 0 radical (unpaired) electrons. The maximum atomic E-state index is 12.1. The molecule has 0 aliphatic heterocycles. The van der Waals surface area contributed by atoms with Crippen LogP contribution in [-0.2, 0) is 22.3 Å². The molecule has 0 amide bonds. The van der Waals surface area contributed by atoms with E-state index in [1.54, 1.807) is 0 Å². The highest BCUT2D eigenvalue weighted by Crippen LogP contribution is 2.66. The highest BCUT2D eigenvalue weighted by Gasteiger charge is 2.44. The predicted molar refractivity (Wildman–Crippen MR) is 70.2 cm³/mol. The van der Waals surface area contributed by atoms with Gasteiger partial charge < -0.3 is 29.9 Å². The second-order valence-corrected chi connectivity index (χ2v) is 8.00. The number of hydrogen-bond donors (Lipinski definition) is 5. The first kappa shape index (κ1) is 17.9. The Labute approximate surface area is 126 Å². The number of nitrogen functional groups attached to an aromatic ring is 1. The predicted octanol–water partition coefficient (Wildman–Crippen LogP) is -0.836. The van der Waals surface area contributed by atoms with Crippen LogP contribution in [0, 0.1) is 0 Å². The van der Waals surface area contributed by atoms with Crippen LogP contribution in [-0.4, -0.2) is 39.3 Å². The third-order valence-electron chi connectivity index (χ3n) is 1.93. The molecule has 2 aromatic heterocycles. The Bertz CT molecular complexity index is 841. The molecule has 0 unspecified atom stereocenters. The van der Waals surface area contributed by atoms with Gasteiger partial charge in [-0.2, -0.15) is 8.62 Å². The van der Waals surface area contributed by atoms with E-state index in [0.717, 1.165) is 12.7 Å². The molecule has 15 nitrogen and oxygen atoms in total. The van der Waals surface area contributed by atoms with Crippen LogP contribution in [0.25, 0.3) is 11.2 Å². The van der Waals surface area contributed by atoms with Gasteiger partial charge in [-0.25, -0.2) is 28.6 Å². The van der Waals surface area contributed by atoms with Crippen LogP contribution in [0.1, 0.15) is 0 Å². The number of nitrogens with zero attached hydrogens (tertiary/aromatic N) is 4. The molecule has 128 valence electrons. The summed E-state index contributed by atoms with van der Waals surface area (Å²) in [6.07, 6.45) is 1.74. The third kappa shape index (κ3) is 4.78. The van der Waals surface area contributed by atoms with Crippen LogP contribution in [0.3, 0.4) is 0 Å². The summed E-state index contributed by atoms with van der Waals surface area (Å²) in [5.74, 6) is -0.112. The van der Waals surface area contributed by atoms with Gasteiger partial charge in [0.1, 0.15) is 12.7 Å². The van der Waals surface area contributed by atoms with Crippen molar-refractivity contribution in [2.24, 2.45) is 0 Å². The first-order valence-electron chi connectivity index (χ1n) is 5.16. The number of aromatic nitrogens is 4. The number of nitrogens with two attached hydrogens (primary N) is 1. The van der Waals surface area contributed by atoms with Gasteiger partial charge in [0.15, 0.2) is 11.3 Å². The Morgan fingerprint density at radius 1 is 1.00 bits per heavy atom. The van der Waals surface area contributed by atoms with Crippen molar-refractivity contribution in [3.8, 4) is 0 Å². The van der Waals surface area contributed by atoms with Crippen molar-refractivity contribution in [1.82, 2.24) is 19.7 Å². The zero-order valence-electron chi connectivity index (χ0n) is 10.6. The van der Waals surface area contributed by atoms with Gasteiger partial charge in [0.2, 0.25) is 5.65 Å². The molecule has 2 aromatic rings. The van der Waals surface area contributed by atoms with Crippen molar-refractivity contribution in [3.63, 3.8) is 0 Å². The Hall–Kier alpha value is -1.40. The Balaban J connectivity index is 2.44. The third-order valence-corrected chi connectivity index (χ3v) is 5.61. The largest absolute Gasteiger partial charge is 0.567 e. The van der Waals surface area contributed by atoms with Gasteiger partial charge in [0.05, 0.1) is 0 Å². The van der Waals surface area contributed by atoms with E-state index < -0.39 is 23.5 Å². The van der Waals surface area contributed by atoms with Gasteiger partial charge in [-0.3, -0.25) is 0 Å². The van der Waals surface area contributed by atoms with Crippen molar-refractivity contribution < 1.29 is 46.5 Å². The molecular weight excluding hydrogens is 383 g/mol. The van der Waals surface area contributed by atoms with E-state index in [0.29, 0.717) is 4.73 Å². The van der Waals surface area contributed by atoms with Crippen molar-refractivity contribution in [3.05, 3.63) is 12.7 Å². The van der Waals surface area contributed by atoms with Gasteiger partial charge in [-0.1, -0.05) is 0 Å². The minimum absolute atomic E-state index is 0.0496. The summed E-state index contributed by atoms with van der Waals surface area (Å²) >= 11 is 0. The van der Waals surface area contributed by atoms with Crippen LogP contribution in [0.2, 0.25) is 0 Å². The number of hydrogen-bond acceptors (Lipinski definition) is 10. The maximum Gasteiger partial charge on any atom is 0.567 e. The van der Waals surface area contributed by atoms with Gasteiger partial charge >= 0.3 is 23.5 Å². The quantitative estimate of drug-likeness (QED) is 0.378. The van der Waals surface area contributed by atoms with Crippen LogP contribution in [0.5, 0.6) is 0 Å². The van der Waals surface area contributed by atoms with Crippen molar-refractivity contribution >= 4 is 40.4 Å². The van der Waals surface area contributed by atoms with E-state index in [9.17, 15) is 13.7 Å². The smallest absolute Gasteiger partial charge is 0.382 e. The standard InChI is InChI=1S/C5H8N5O10P3/c6-4-3-5(8-1-7-4)10(2-9-3)18-23(17,19-21(11,12)13)20-22(14,15)16/h1-2H,(H2,6,7,8)(H2,11,12,13)(H2,14,15,16). The van der Waals surface area contributed by atoms with Gasteiger partial charge in [-0.05, 0) is 0 Å². The summed E-state index contributed by atoms with van der Waals surface area (Å²) in [4.78, 5) is 45.6. The summed E-state index contributed by atoms with van der Waals surface area (Å²) in [6.45, 7) is 0. The molecule has 0 aromatic carbocycles. The van der Waals surface area contributed by atoms with E-state index in [1.165, 1.54) is 0 Å². The molecular formula is C5H8N5O10P3. The monoisotopic (exact) mass is 391 g/mol. The Kier molecular flexibility index (Phi) is 4.61. The van der Waals surface area contributed by atoms with Crippen LogP contribution in [0.15, 0.2) is 12.7 Å². The van der Waals surface area contributed by atoms with Crippen LogP contribution in [0.4, 0.5) is 5.82 Å². The van der Waals surface area contributed by atoms with Crippen LogP contribution < -0.4 is 10.4 Å². The molecule has 0 aliphatic carbocycles.